The number of aromatic hydroxyl groups is 1. The van der Waals surface area contributed by atoms with E-state index in [0.717, 1.165) is 8.14 Å². The molecule has 0 amide bonds. The summed E-state index contributed by atoms with van der Waals surface area (Å²) in [5, 5.41) is 19.2. The minimum absolute atomic E-state index is 0.0378. The van der Waals surface area contributed by atoms with Crippen molar-refractivity contribution in [1.82, 2.24) is 9.13 Å². The van der Waals surface area contributed by atoms with E-state index in [1.807, 2.05) is 12.1 Å². The van der Waals surface area contributed by atoms with E-state index in [-0.39, 0.29) is 17.1 Å². The maximum absolute atomic E-state index is 12.6. The Morgan fingerprint density at radius 3 is 2.39 bits per heavy atom. The lowest BCUT2D eigenvalue weighted by molar-refractivity contribution is 0.0697. The van der Waals surface area contributed by atoms with Crippen molar-refractivity contribution in [1.29, 1.82) is 0 Å². The van der Waals surface area contributed by atoms with E-state index in [9.17, 15) is 14.7 Å². The Bertz CT molecular complexity index is 941. The first-order valence-electron chi connectivity index (χ1n) is 6.60. The van der Waals surface area contributed by atoms with Crippen molar-refractivity contribution in [3.63, 3.8) is 0 Å². The number of benzene rings is 2. The molecule has 6 nitrogen and oxygen atoms in total. The lowest BCUT2D eigenvalue weighted by Gasteiger charge is -2.04. The molecule has 3 rings (SSSR count). The zero-order valence-electron chi connectivity index (χ0n) is 11.7. The van der Waals surface area contributed by atoms with Gasteiger partial charge in [-0.1, -0.05) is 6.07 Å². The van der Waals surface area contributed by atoms with Crippen LogP contribution in [0.2, 0.25) is 0 Å². The van der Waals surface area contributed by atoms with Gasteiger partial charge in [0.25, 0.3) is 0 Å². The predicted molar refractivity (Wildman–Crippen MR) is 92.7 cm³/mol. The third-order valence-electron chi connectivity index (χ3n) is 3.33. The predicted octanol–water partition coefficient (Wildman–Crippen LogP) is 2.64. The SMILES string of the molecule is O=C(O)c1cccc(-n2c(O)cn(-c3ccc(I)cc3)c2=O)c1. The minimum Gasteiger partial charge on any atom is -0.493 e. The summed E-state index contributed by atoms with van der Waals surface area (Å²) >= 11 is 2.16. The number of rotatable bonds is 3. The fourth-order valence-electron chi connectivity index (χ4n) is 2.24. The number of aromatic nitrogens is 2. The molecule has 0 unspecified atom stereocenters. The second kappa shape index (κ2) is 5.92. The summed E-state index contributed by atoms with van der Waals surface area (Å²) in [5.41, 5.74) is 0.456. The summed E-state index contributed by atoms with van der Waals surface area (Å²) < 4.78 is 3.39. The quantitative estimate of drug-likeness (QED) is 0.636. The van der Waals surface area contributed by atoms with Gasteiger partial charge in [-0.3, -0.25) is 4.57 Å². The van der Waals surface area contributed by atoms with Crippen molar-refractivity contribution in [3.05, 3.63) is 74.3 Å². The van der Waals surface area contributed by atoms with Crippen LogP contribution in [-0.4, -0.2) is 25.3 Å². The molecule has 1 heterocycles. The third kappa shape index (κ3) is 2.87. The van der Waals surface area contributed by atoms with E-state index in [1.54, 1.807) is 18.2 Å². The topological polar surface area (TPSA) is 84.5 Å². The Morgan fingerprint density at radius 1 is 1.04 bits per heavy atom. The van der Waals surface area contributed by atoms with Crippen LogP contribution < -0.4 is 5.69 Å². The summed E-state index contributed by atoms with van der Waals surface area (Å²) in [5.74, 6) is -1.37. The largest absolute Gasteiger partial charge is 0.493 e. The number of hydrogen-bond donors (Lipinski definition) is 2. The number of halogens is 1. The molecule has 7 heteroatoms. The minimum atomic E-state index is -1.10. The Kier molecular flexibility index (Phi) is 3.95. The average Bonchev–Trinajstić information content (AvgIpc) is 2.83. The number of carboxylic acid groups (broad SMARTS) is 1. The fraction of sp³-hybridized carbons (Fsp3) is 0. The number of carbonyl (C=O) groups is 1. The molecule has 0 aliphatic rings. The molecule has 0 spiro atoms. The summed E-state index contributed by atoms with van der Waals surface area (Å²) in [7, 11) is 0. The molecule has 0 saturated carbocycles. The van der Waals surface area contributed by atoms with E-state index in [1.165, 1.54) is 29.0 Å². The van der Waals surface area contributed by atoms with Crippen LogP contribution in [0.25, 0.3) is 11.4 Å². The van der Waals surface area contributed by atoms with Gasteiger partial charge in [0.05, 0.1) is 23.1 Å². The van der Waals surface area contributed by atoms with Crippen molar-refractivity contribution in [2.45, 2.75) is 0 Å². The average molecular weight is 422 g/mol. The molecule has 0 aliphatic heterocycles. The van der Waals surface area contributed by atoms with Crippen LogP contribution in [0.5, 0.6) is 5.88 Å². The zero-order valence-corrected chi connectivity index (χ0v) is 13.8. The lowest BCUT2D eigenvalue weighted by Crippen LogP contribution is -2.22. The maximum Gasteiger partial charge on any atom is 0.340 e. The highest BCUT2D eigenvalue weighted by Gasteiger charge is 2.14. The monoisotopic (exact) mass is 422 g/mol. The van der Waals surface area contributed by atoms with Gasteiger partial charge in [0, 0.05) is 3.57 Å². The highest BCUT2D eigenvalue weighted by Crippen LogP contribution is 2.19. The van der Waals surface area contributed by atoms with Crippen LogP contribution >= 0.6 is 22.6 Å². The normalized spacial score (nSPS) is 10.7. The highest BCUT2D eigenvalue weighted by molar-refractivity contribution is 14.1. The van der Waals surface area contributed by atoms with Gasteiger partial charge in [-0.25, -0.2) is 14.2 Å². The van der Waals surface area contributed by atoms with Gasteiger partial charge in [-0.05, 0) is 65.1 Å². The first kappa shape index (κ1) is 15.3. The molecule has 2 aromatic carbocycles. The standard InChI is InChI=1S/C16H11IN2O4/c17-11-4-6-12(7-5-11)18-9-14(20)19(16(18)23)13-3-1-2-10(8-13)15(21)22/h1-9,20H,(H,21,22). The number of imidazole rings is 1. The number of carboxylic acids is 1. The van der Waals surface area contributed by atoms with Crippen LogP contribution in [0.3, 0.4) is 0 Å². The van der Waals surface area contributed by atoms with Crippen LogP contribution in [0.4, 0.5) is 0 Å². The van der Waals surface area contributed by atoms with Gasteiger partial charge in [-0.15, -0.1) is 0 Å². The van der Waals surface area contributed by atoms with Gasteiger partial charge < -0.3 is 10.2 Å². The molecule has 116 valence electrons. The number of hydrogen-bond acceptors (Lipinski definition) is 3. The summed E-state index contributed by atoms with van der Waals surface area (Å²) in [6.45, 7) is 0. The molecule has 0 aliphatic carbocycles. The maximum atomic E-state index is 12.6. The van der Waals surface area contributed by atoms with Gasteiger partial charge in [-0.2, -0.15) is 0 Å². The van der Waals surface area contributed by atoms with Crippen molar-refractivity contribution in [2.75, 3.05) is 0 Å². The van der Waals surface area contributed by atoms with Crippen molar-refractivity contribution < 1.29 is 15.0 Å². The smallest absolute Gasteiger partial charge is 0.340 e. The Morgan fingerprint density at radius 2 is 1.74 bits per heavy atom. The van der Waals surface area contributed by atoms with Gasteiger partial charge in [0.2, 0.25) is 5.88 Å². The second-order valence-electron chi connectivity index (χ2n) is 4.81. The van der Waals surface area contributed by atoms with Crippen molar-refractivity contribution >= 4 is 28.6 Å². The lowest BCUT2D eigenvalue weighted by atomic mass is 10.2. The van der Waals surface area contributed by atoms with Gasteiger partial charge >= 0.3 is 11.7 Å². The Hall–Kier alpha value is -2.55. The fourth-order valence-corrected chi connectivity index (χ4v) is 2.60. The number of nitrogens with zero attached hydrogens (tertiary/aromatic N) is 2. The Balaban J connectivity index is 2.15. The summed E-state index contributed by atoms with van der Waals surface area (Å²) in [6.07, 6.45) is 1.30. The molecular formula is C16H11IN2O4. The Labute approximate surface area is 144 Å². The van der Waals surface area contributed by atoms with E-state index in [2.05, 4.69) is 22.6 Å². The third-order valence-corrected chi connectivity index (χ3v) is 4.05. The van der Waals surface area contributed by atoms with Crippen molar-refractivity contribution in [2.24, 2.45) is 0 Å². The van der Waals surface area contributed by atoms with Crippen molar-refractivity contribution in [3.8, 4) is 17.3 Å². The second-order valence-corrected chi connectivity index (χ2v) is 6.05. The highest BCUT2D eigenvalue weighted by atomic mass is 127. The first-order chi connectivity index (χ1) is 11.0. The van der Waals surface area contributed by atoms with E-state index < -0.39 is 11.7 Å². The van der Waals surface area contributed by atoms with Gasteiger partial charge in [0.1, 0.15) is 0 Å². The molecule has 3 aromatic rings. The van der Waals surface area contributed by atoms with Gasteiger partial charge in [0.15, 0.2) is 0 Å². The van der Waals surface area contributed by atoms with Crippen LogP contribution in [0, 0.1) is 3.57 Å². The molecular weight excluding hydrogens is 411 g/mol. The summed E-state index contributed by atoms with van der Waals surface area (Å²) in [6, 6.07) is 13.1. The molecule has 2 N–H and O–H groups in total. The summed E-state index contributed by atoms with van der Waals surface area (Å²) in [4.78, 5) is 23.6. The first-order valence-corrected chi connectivity index (χ1v) is 7.68. The number of aromatic carboxylic acids is 1. The molecule has 23 heavy (non-hydrogen) atoms. The van der Waals surface area contributed by atoms with Crippen LogP contribution in [0.15, 0.2) is 59.5 Å². The molecule has 0 bridgehead atoms. The molecule has 0 fully saturated rings. The van der Waals surface area contributed by atoms with Crippen LogP contribution in [0.1, 0.15) is 10.4 Å². The van der Waals surface area contributed by atoms with Crippen LogP contribution in [-0.2, 0) is 0 Å². The molecule has 1 aromatic heterocycles. The van der Waals surface area contributed by atoms with E-state index in [4.69, 9.17) is 5.11 Å². The molecule has 0 atom stereocenters. The van der Waals surface area contributed by atoms with E-state index >= 15 is 0 Å². The molecule has 0 saturated heterocycles. The zero-order chi connectivity index (χ0) is 16.6. The molecule has 0 radical (unpaired) electrons. The van der Waals surface area contributed by atoms with E-state index in [0.29, 0.717) is 5.69 Å².